The van der Waals surface area contributed by atoms with E-state index < -0.39 is 0 Å². The van der Waals surface area contributed by atoms with Crippen LogP contribution in [0.4, 0.5) is 0 Å². The molecule has 0 saturated carbocycles. The Morgan fingerprint density at radius 3 is 2.58 bits per heavy atom. The quantitative estimate of drug-likeness (QED) is 0.752. The highest BCUT2D eigenvalue weighted by Crippen LogP contribution is 2.30. The van der Waals surface area contributed by atoms with Gasteiger partial charge in [0.1, 0.15) is 5.75 Å². The van der Waals surface area contributed by atoms with Gasteiger partial charge < -0.3 is 14.0 Å². The molecule has 1 saturated heterocycles. The lowest BCUT2D eigenvalue weighted by Crippen LogP contribution is -2.29. The molecule has 1 aromatic heterocycles. The van der Waals surface area contributed by atoms with Gasteiger partial charge in [-0.15, -0.1) is 0 Å². The highest BCUT2D eigenvalue weighted by Gasteiger charge is 2.19. The predicted octanol–water partition coefficient (Wildman–Crippen LogP) is 3.57. The van der Waals surface area contributed by atoms with Crippen LogP contribution in [0.2, 0.25) is 0 Å². The van der Waals surface area contributed by atoms with Crippen molar-refractivity contribution in [3.05, 3.63) is 64.1 Å². The minimum atomic E-state index is 0.00520. The van der Waals surface area contributed by atoms with Crippen LogP contribution < -0.4 is 10.2 Å². The van der Waals surface area contributed by atoms with E-state index in [-0.39, 0.29) is 18.3 Å². The number of aromatic nitrogens is 1. The SMILES string of the molecule is C=Cc1cccc(OCOC2CSC2)c1-n1c(C)cc(=O)cc1C. The first-order chi connectivity index (χ1) is 11.6. The largest absolute Gasteiger partial charge is 0.465 e. The second kappa shape index (κ2) is 7.28. The standard InChI is InChI=1S/C19H21NO3S/c1-4-15-6-5-7-18(23-12-22-17-10-24-11-17)19(15)20-13(2)8-16(21)9-14(20)3/h4-9,17H,1,10-12H2,2-3H3. The summed E-state index contributed by atoms with van der Waals surface area (Å²) in [6.45, 7) is 7.95. The Morgan fingerprint density at radius 1 is 1.29 bits per heavy atom. The fourth-order valence-corrected chi connectivity index (χ4v) is 3.40. The van der Waals surface area contributed by atoms with Gasteiger partial charge in [-0.25, -0.2) is 0 Å². The van der Waals surface area contributed by atoms with Crippen molar-refractivity contribution in [3.8, 4) is 11.4 Å². The summed E-state index contributed by atoms with van der Waals surface area (Å²) in [5, 5.41) is 0. The zero-order chi connectivity index (χ0) is 17.1. The summed E-state index contributed by atoms with van der Waals surface area (Å²) in [7, 11) is 0. The zero-order valence-electron chi connectivity index (χ0n) is 14.0. The number of para-hydroxylation sites is 1. The first-order valence-electron chi connectivity index (χ1n) is 7.88. The Morgan fingerprint density at radius 2 is 2.00 bits per heavy atom. The minimum Gasteiger partial charge on any atom is -0.465 e. The molecule has 1 aromatic carbocycles. The topological polar surface area (TPSA) is 40.5 Å². The highest BCUT2D eigenvalue weighted by molar-refractivity contribution is 8.00. The normalized spacial score (nSPS) is 14.2. The van der Waals surface area contributed by atoms with E-state index in [1.54, 1.807) is 18.2 Å². The maximum atomic E-state index is 11.7. The number of hydrogen-bond donors (Lipinski definition) is 0. The van der Waals surface area contributed by atoms with Gasteiger partial charge in [-0.1, -0.05) is 24.8 Å². The maximum absolute atomic E-state index is 11.7. The second-order valence-corrected chi connectivity index (χ2v) is 6.87. The Balaban J connectivity index is 1.98. The average molecular weight is 343 g/mol. The van der Waals surface area contributed by atoms with Gasteiger partial charge in [0, 0.05) is 40.6 Å². The molecule has 0 radical (unpaired) electrons. The van der Waals surface area contributed by atoms with Crippen LogP contribution in [0, 0.1) is 13.8 Å². The molecule has 126 valence electrons. The number of ether oxygens (including phenoxy) is 2. The second-order valence-electron chi connectivity index (χ2n) is 5.80. The summed E-state index contributed by atoms with van der Waals surface area (Å²) in [6, 6.07) is 9.08. The first-order valence-corrected chi connectivity index (χ1v) is 9.04. The zero-order valence-corrected chi connectivity index (χ0v) is 14.8. The smallest absolute Gasteiger partial charge is 0.189 e. The Kier molecular flexibility index (Phi) is 5.11. The summed E-state index contributed by atoms with van der Waals surface area (Å²) in [5.41, 5.74) is 3.55. The molecule has 4 nitrogen and oxygen atoms in total. The number of aryl methyl sites for hydroxylation is 2. The molecule has 1 aliphatic heterocycles. The van der Waals surface area contributed by atoms with E-state index in [9.17, 15) is 4.79 Å². The fraction of sp³-hybridized carbons (Fsp3) is 0.316. The number of rotatable bonds is 6. The molecule has 0 N–H and O–H groups in total. The summed E-state index contributed by atoms with van der Waals surface area (Å²) >= 11 is 1.88. The van der Waals surface area contributed by atoms with Crippen molar-refractivity contribution in [2.75, 3.05) is 18.3 Å². The maximum Gasteiger partial charge on any atom is 0.189 e. The summed E-state index contributed by atoms with van der Waals surface area (Å²) < 4.78 is 13.6. The molecule has 0 bridgehead atoms. The van der Waals surface area contributed by atoms with Crippen molar-refractivity contribution < 1.29 is 9.47 Å². The summed E-state index contributed by atoms with van der Waals surface area (Å²) in [6.07, 6.45) is 2.08. The lowest BCUT2D eigenvalue weighted by Gasteiger charge is -2.25. The Hall–Kier alpha value is -1.98. The third-order valence-electron chi connectivity index (χ3n) is 4.01. The van der Waals surface area contributed by atoms with Crippen molar-refractivity contribution in [1.82, 2.24) is 4.57 Å². The van der Waals surface area contributed by atoms with Crippen LogP contribution in [-0.2, 0) is 4.74 Å². The number of benzene rings is 1. The molecule has 24 heavy (non-hydrogen) atoms. The lowest BCUT2D eigenvalue weighted by atomic mass is 10.1. The van der Waals surface area contributed by atoms with E-state index >= 15 is 0 Å². The molecule has 3 rings (SSSR count). The summed E-state index contributed by atoms with van der Waals surface area (Å²) in [4.78, 5) is 11.7. The van der Waals surface area contributed by atoms with Gasteiger partial charge >= 0.3 is 0 Å². The molecule has 0 atom stereocenters. The summed E-state index contributed by atoms with van der Waals surface area (Å²) in [5.74, 6) is 2.77. The van der Waals surface area contributed by atoms with E-state index in [1.807, 2.05) is 48.4 Å². The van der Waals surface area contributed by atoms with Crippen molar-refractivity contribution in [3.63, 3.8) is 0 Å². The molecule has 1 fully saturated rings. The van der Waals surface area contributed by atoms with Crippen LogP contribution in [0.25, 0.3) is 11.8 Å². The van der Waals surface area contributed by atoms with Crippen LogP contribution in [0.15, 0.2) is 41.7 Å². The average Bonchev–Trinajstić information content (AvgIpc) is 2.49. The van der Waals surface area contributed by atoms with Crippen molar-refractivity contribution in [2.45, 2.75) is 20.0 Å². The van der Waals surface area contributed by atoms with E-state index in [2.05, 4.69) is 6.58 Å². The van der Waals surface area contributed by atoms with Gasteiger partial charge in [-0.05, 0) is 19.9 Å². The minimum absolute atomic E-state index is 0.00520. The molecule has 0 unspecified atom stereocenters. The van der Waals surface area contributed by atoms with Crippen LogP contribution in [-0.4, -0.2) is 29.0 Å². The van der Waals surface area contributed by atoms with Gasteiger partial charge in [0.05, 0.1) is 11.8 Å². The molecule has 0 spiro atoms. The monoisotopic (exact) mass is 343 g/mol. The van der Waals surface area contributed by atoms with Crippen molar-refractivity contribution in [1.29, 1.82) is 0 Å². The third kappa shape index (κ3) is 3.42. The number of pyridine rings is 1. The molecule has 1 aliphatic rings. The molecule has 0 amide bonds. The number of thioether (sulfide) groups is 1. The van der Waals surface area contributed by atoms with Gasteiger partial charge in [-0.3, -0.25) is 4.79 Å². The van der Waals surface area contributed by atoms with Crippen LogP contribution in [0.1, 0.15) is 17.0 Å². The molecular weight excluding hydrogens is 322 g/mol. The Labute approximate surface area is 146 Å². The molecular formula is C19H21NO3S. The van der Waals surface area contributed by atoms with Gasteiger partial charge in [-0.2, -0.15) is 11.8 Å². The van der Waals surface area contributed by atoms with E-state index in [1.165, 1.54) is 0 Å². The number of nitrogens with zero attached hydrogens (tertiary/aromatic N) is 1. The molecule has 2 heterocycles. The van der Waals surface area contributed by atoms with Crippen molar-refractivity contribution >= 4 is 17.8 Å². The third-order valence-corrected chi connectivity index (χ3v) is 5.22. The van der Waals surface area contributed by atoms with Crippen LogP contribution >= 0.6 is 11.8 Å². The predicted molar refractivity (Wildman–Crippen MR) is 99.3 cm³/mol. The molecule has 0 aliphatic carbocycles. The van der Waals surface area contributed by atoms with E-state index in [0.717, 1.165) is 34.1 Å². The Bertz CT molecular complexity index is 782. The van der Waals surface area contributed by atoms with Crippen LogP contribution in [0.3, 0.4) is 0 Å². The van der Waals surface area contributed by atoms with Gasteiger partial charge in [0.2, 0.25) is 0 Å². The molecule has 2 aromatic rings. The molecule has 5 heteroatoms. The first kappa shape index (κ1) is 16.9. The number of hydrogen-bond acceptors (Lipinski definition) is 4. The van der Waals surface area contributed by atoms with E-state index in [0.29, 0.717) is 5.75 Å². The van der Waals surface area contributed by atoms with Gasteiger partial charge in [0.15, 0.2) is 12.2 Å². The lowest BCUT2D eigenvalue weighted by molar-refractivity contribution is -0.0205. The fourth-order valence-electron chi connectivity index (χ4n) is 2.78. The van der Waals surface area contributed by atoms with E-state index in [4.69, 9.17) is 9.47 Å². The van der Waals surface area contributed by atoms with Crippen LogP contribution in [0.5, 0.6) is 5.75 Å². The van der Waals surface area contributed by atoms with Gasteiger partial charge in [0.25, 0.3) is 0 Å². The van der Waals surface area contributed by atoms with Crippen molar-refractivity contribution in [2.24, 2.45) is 0 Å². The highest BCUT2D eigenvalue weighted by atomic mass is 32.2.